The fourth-order valence-corrected chi connectivity index (χ4v) is 5.38. The summed E-state index contributed by atoms with van der Waals surface area (Å²) in [6, 6.07) is 10.3. The number of hydrogen-bond donors (Lipinski definition) is 2. The molecule has 8 nitrogen and oxygen atoms in total. The van der Waals surface area contributed by atoms with Crippen LogP contribution in [-0.2, 0) is 22.7 Å². The topological polar surface area (TPSA) is 91.6 Å². The third kappa shape index (κ3) is 4.17. The van der Waals surface area contributed by atoms with Crippen molar-refractivity contribution in [2.75, 3.05) is 19.6 Å². The van der Waals surface area contributed by atoms with Gasteiger partial charge in [-0.05, 0) is 30.7 Å². The number of amides is 2. The van der Waals surface area contributed by atoms with E-state index in [1.165, 1.54) is 10.5 Å². The zero-order valence-corrected chi connectivity index (χ0v) is 18.9. The molecule has 1 aromatic carbocycles. The van der Waals surface area contributed by atoms with Crippen molar-refractivity contribution in [2.24, 2.45) is 28.7 Å². The van der Waals surface area contributed by atoms with Crippen LogP contribution in [0.5, 0.6) is 0 Å². The third-order valence-electron chi connectivity index (χ3n) is 6.91. The van der Waals surface area contributed by atoms with E-state index in [-0.39, 0.29) is 35.5 Å². The smallest absolute Gasteiger partial charge is 0.233 e. The normalized spacial score (nSPS) is 25.7. The van der Waals surface area contributed by atoms with Crippen LogP contribution < -0.4 is 10.6 Å². The summed E-state index contributed by atoms with van der Waals surface area (Å²) < 4.78 is 2.09. The zero-order chi connectivity index (χ0) is 22.8. The minimum absolute atomic E-state index is 0.00599. The Morgan fingerprint density at radius 1 is 1.09 bits per heavy atom. The maximum atomic E-state index is 12.8. The highest BCUT2D eigenvalue weighted by Crippen LogP contribution is 2.52. The second-order valence-corrected chi connectivity index (χ2v) is 8.91. The fourth-order valence-electron chi connectivity index (χ4n) is 5.38. The third-order valence-corrected chi connectivity index (χ3v) is 6.91. The van der Waals surface area contributed by atoms with Crippen LogP contribution in [0.3, 0.4) is 0 Å². The van der Waals surface area contributed by atoms with Crippen LogP contribution in [0.15, 0.2) is 59.9 Å². The average molecular weight is 447 g/mol. The molecule has 2 amide bonds. The first-order valence-corrected chi connectivity index (χ1v) is 11.8. The number of imidazole rings is 1. The second-order valence-electron chi connectivity index (χ2n) is 8.91. The fraction of sp³-hybridized carbons (Fsp3) is 0.440. The second kappa shape index (κ2) is 9.21. The van der Waals surface area contributed by atoms with Crippen LogP contribution >= 0.6 is 0 Å². The van der Waals surface area contributed by atoms with Crippen LogP contribution in [0, 0.1) is 23.7 Å². The first-order chi connectivity index (χ1) is 16.2. The van der Waals surface area contributed by atoms with E-state index < -0.39 is 0 Å². The van der Waals surface area contributed by atoms with Gasteiger partial charge in [-0.25, -0.2) is 9.98 Å². The van der Waals surface area contributed by atoms with E-state index in [1.807, 2.05) is 31.3 Å². The van der Waals surface area contributed by atoms with Gasteiger partial charge in [0, 0.05) is 38.6 Å². The van der Waals surface area contributed by atoms with Crippen molar-refractivity contribution in [1.82, 2.24) is 25.1 Å². The number of rotatable bonds is 8. The lowest BCUT2D eigenvalue weighted by atomic mass is 9.85. The molecule has 2 aromatic rings. The number of carbonyl (C=O) groups excluding carboxylic acids is 2. The zero-order valence-electron chi connectivity index (χ0n) is 18.9. The minimum atomic E-state index is -0.141. The highest BCUT2D eigenvalue weighted by atomic mass is 16.2. The lowest BCUT2D eigenvalue weighted by Crippen LogP contribution is -2.43. The van der Waals surface area contributed by atoms with E-state index in [1.54, 1.807) is 6.20 Å². The molecule has 1 saturated carbocycles. The van der Waals surface area contributed by atoms with Crippen molar-refractivity contribution in [2.45, 2.75) is 26.4 Å². The van der Waals surface area contributed by atoms with Crippen molar-refractivity contribution in [3.05, 3.63) is 66.3 Å². The van der Waals surface area contributed by atoms with E-state index in [2.05, 4.69) is 49.5 Å². The Kier molecular flexibility index (Phi) is 5.98. The number of likely N-dealkylation sites (tertiary alicyclic amines) is 1. The maximum absolute atomic E-state index is 12.8. The number of aromatic nitrogens is 2. The van der Waals surface area contributed by atoms with Crippen molar-refractivity contribution >= 4 is 17.8 Å². The van der Waals surface area contributed by atoms with Gasteiger partial charge in [0.25, 0.3) is 0 Å². The summed E-state index contributed by atoms with van der Waals surface area (Å²) in [4.78, 5) is 36.3. The number of aliphatic imine (C=N–C) groups is 1. The Morgan fingerprint density at radius 2 is 1.82 bits per heavy atom. The summed E-state index contributed by atoms with van der Waals surface area (Å²) in [5.74, 6) is 1.71. The van der Waals surface area contributed by atoms with Gasteiger partial charge in [0.15, 0.2) is 5.96 Å². The van der Waals surface area contributed by atoms with Crippen LogP contribution in [-0.4, -0.2) is 51.9 Å². The maximum Gasteiger partial charge on any atom is 0.233 e. The molecule has 8 heteroatoms. The number of nitrogens with one attached hydrogen (secondary N) is 2. The molecule has 5 rings (SSSR count). The molecule has 33 heavy (non-hydrogen) atoms. The van der Waals surface area contributed by atoms with Crippen molar-refractivity contribution in [3.63, 3.8) is 0 Å². The largest absolute Gasteiger partial charge is 0.357 e. The number of nitrogens with zero attached hydrogens (tertiary/aromatic N) is 4. The van der Waals surface area contributed by atoms with Gasteiger partial charge < -0.3 is 15.2 Å². The van der Waals surface area contributed by atoms with Gasteiger partial charge in [0.1, 0.15) is 12.4 Å². The molecule has 2 fully saturated rings. The summed E-state index contributed by atoms with van der Waals surface area (Å²) in [5, 5.41) is 6.49. The number of hydrogen-bond acceptors (Lipinski definition) is 4. The Hall–Kier alpha value is -3.42. The number of fused-ring (bicyclic) bond motifs is 5. The molecule has 1 saturated heterocycles. The minimum Gasteiger partial charge on any atom is -0.357 e. The van der Waals surface area contributed by atoms with Crippen LogP contribution in [0.25, 0.3) is 0 Å². The molecule has 2 N–H and O–H groups in total. The van der Waals surface area contributed by atoms with Crippen molar-refractivity contribution in [3.8, 4) is 0 Å². The Morgan fingerprint density at radius 3 is 2.52 bits per heavy atom. The SMILES string of the molecule is CCNC(=NCc1nccn1Cc1ccccc1)NCCN1C(=O)C2C3C=CC(C3)C2C1=O. The standard InChI is InChI=1S/C25H30N6O2/c1-2-26-25(29-15-20-27-10-12-30(20)16-17-6-4-3-5-7-17)28-11-13-31-23(32)21-18-8-9-19(14-18)22(21)24(31)33/h3-10,12,18-19,21-22H,2,11,13-16H2,1H3,(H2,26,28,29). The van der Waals surface area contributed by atoms with Gasteiger partial charge in [0.05, 0.1) is 11.8 Å². The van der Waals surface area contributed by atoms with Crippen LogP contribution in [0.2, 0.25) is 0 Å². The molecule has 172 valence electrons. The lowest BCUT2D eigenvalue weighted by Gasteiger charge is -2.18. The molecule has 2 heterocycles. The Bertz CT molecular complexity index is 1050. The highest BCUT2D eigenvalue weighted by Gasteiger charge is 2.58. The van der Waals surface area contributed by atoms with Gasteiger partial charge in [-0.1, -0.05) is 42.5 Å². The average Bonchev–Trinajstić information content (AvgIpc) is 3.60. The van der Waals surface area contributed by atoms with Gasteiger partial charge in [-0.2, -0.15) is 0 Å². The number of carbonyl (C=O) groups is 2. The quantitative estimate of drug-likeness (QED) is 0.279. The Balaban J connectivity index is 1.17. The van der Waals surface area contributed by atoms with E-state index in [4.69, 9.17) is 0 Å². The predicted molar refractivity (Wildman–Crippen MR) is 125 cm³/mol. The van der Waals surface area contributed by atoms with E-state index in [0.29, 0.717) is 32.1 Å². The van der Waals surface area contributed by atoms with Gasteiger partial charge in [-0.3, -0.25) is 14.5 Å². The number of benzene rings is 1. The molecule has 4 unspecified atom stereocenters. The monoisotopic (exact) mass is 446 g/mol. The first kappa shape index (κ1) is 21.4. The highest BCUT2D eigenvalue weighted by molar-refractivity contribution is 6.06. The molecule has 2 aliphatic carbocycles. The van der Waals surface area contributed by atoms with Gasteiger partial charge in [-0.15, -0.1) is 0 Å². The van der Waals surface area contributed by atoms with Crippen molar-refractivity contribution < 1.29 is 9.59 Å². The van der Waals surface area contributed by atoms with E-state index in [9.17, 15) is 9.59 Å². The Labute approximate surface area is 193 Å². The summed E-state index contributed by atoms with van der Waals surface area (Å²) in [6.07, 6.45) is 8.95. The van der Waals surface area contributed by atoms with Gasteiger partial charge >= 0.3 is 0 Å². The molecular weight excluding hydrogens is 416 g/mol. The lowest BCUT2D eigenvalue weighted by molar-refractivity contribution is -0.140. The summed E-state index contributed by atoms with van der Waals surface area (Å²) in [7, 11) is 0. The molecule has 0 spiro atoms. The molecule has 4 atom stereocenters. The molecule has 1 aromatic heterocycles. The van der Waals surface area contributed by atoms with E-state index >= 15 is 0 Å². The number of guanidine groups is 1. The molecule has 0 radical (unpaired) electrons. The first-order valence-electron chi connectivity index (χ1n) is 11.8. The molecule has 3 aliphatic rings. The van der Waals surface area contributed by atoms with Crippen molar-refractivity contribution in [1.29, 1.82) is 0 Å². The van der Waals surface area contributed by atoms with E-state index in [0.717, 1.165) is 18.8 Å². The molecular formula is C25H30N6O2. The summed E-state index contributed by atoms with van der Waals surface area (Å²) >= 11 is 0. The summed E-state index contributed by atoms with van der Waals surface area (Å²) in [6.45, 7) is 4.71. The predicted octanol–water partition coefficient (Wildman–Crippen LogP) is 1.79. The van der Waals surface area contributed by atoms with Crippen LogP contribution in [0.4, 0.5) is 0 Å². The summed E-state index contributed by atoms with van der Waals surface area (Å²) in [5.41, 5.74) is 1.21. The molecule has 2 bridgehead atoms. The number of allylic oxidation sites excluding steroid dienone is 2. The van der Waals surface area contributed by atoms with Crippen LogP contribution in [0.1, 0.15) is 24.7 Å². The molecule has 1 aliphatic heterocycles. The number of imide groups is 1. The van der Waals surface area contributed by atoms with Gasteiger partial charge in [0.2, 0.25) is 11.8 Å².